The molecule has 3 N–H and O–H groups in total. The van der Waals surface area contributed by atoms with Gasteiger partial charge in [0.15, 0.2) is 0 Å². The fourth-order valence-corrected chi connectivity index (χ4v) is 0.803. The quantitative estimate of drug-likeness (QED) is 0.515. The Labute approximate surface area is 61.7 Å². The average molecular weight is 176 g/mol. The van der Waals surface area contributed by atoms with Crippen molar-refractivity contribution in [2.45, 2.75) is 0 Å². The van der Waals surface area contributed by atoms with Gasteiger partial charge in [-0.05, 0) is 0 Å². The number of anilines is 1. The molecule has 0 aliphatic rings. The molecule has 1 heterocycles. The first-order chi connectivity index (χ1) is 5.08. The molecule has 0 radical (unpaired) electrons. The molecule has 8 heteroatoms. The highest BCUT2D eigenvalue weighted by molar-refractivity contribution is 7.53. The zero-order valence-electron chi connectivity index (χ0n) is 5.25. The molecule has 0 saturated heterocycles. The van der Waals surface area contributed by atoms with Crippen molar-refractivity contribution in [2.24, 2.45) is 0 Å². The molecule has 0 aromatic carbocycles. The van der Waals surface area contributed by atoms with Crippen molar-refractivity contribution in [1.29, 1.82) is 0 Å². The normalized spacial score (nSPS) is 11.1. The maximum absolute atomic E-state index is 10.3. The predicted molar refractivity (Wildman–Crippen MR) is 35.5 cm³/mol. The minimum absolute atomic E-state index is 0.145. The van der Waals surface area contributed by atoms with E-state index in [1.807, 2.05) is 0 Å². The van der Waals surface area contributed by atoms with Gasteiger partial charge in [-0.1, -0.05) is 0 Å². The Morgan fingerprint density at radius 2 is 1.91 bits per heavy atom. The predicted octanol–water partition coefficient (Wildman–Crippen LogP) is -0.624. The molecule has 0 fully saturated rings. The molecule has 0 aliphatic heterocycles. The molecule has 1 rings (SSSR count). The zero-order valence-corrected chi connectivity index (χ0v) is 6.14. The Morgan fingerprint density at radius 3 is 2.36 bits per heavy atom. The van der Waals surface area contributed by atoms with E-state index in [1.54, 1.807) is 5.09 Å². The summed E-state index contributed by atoms with van der Waals surface area (Å²) in [6.45, 7) is 0. The van der Waals surface area contributed by atoms with Crippen LogP contribution in [0.2, 0.25) is 0 Å². The largest absolute Gasteiger partial charge is 0.429 e. The van der Waals surface area contributed by atoms with Crippen LogP contribution in [-0.2, 0) is 4.57 Å². The van der Waals surface area contributed by atoms with Gasteiger partial charge in [0.25, 0.3) is 0 Å². The second-order valence-corrected chi connectivity index (χ2v) is 2.93. The Morgan fingerprint density at radius 1 is 1.36 bits per heavy atom. The fourth-order valence-electron chi connectivity index (χ4n) is 0.427. The summed E-state index contributed by atoms with van der Waals surface area (Å²) in [6.07, 6.45) is 2.26. The van der Waals surface area contributed by atoms with Gasteiger partial charge in [0.1, 0.15) is 12.7 Å². The van der Waals surface area contributed by atoms with Crippen LogP contribution in [0.25, 0.3) is 0 Å². The molecule has 0 saturated carbocycles. The zero-order chi connectivity index (χ0) is 8.32. The summed E-state index contributed by atoms with van der Waals surface area (Å²) in [5.74, 6) is -0.145. The standard InChI is InChI=1S/C3H5N4O3P/c8-11(9,10)7-3-5-1-4-2-6-3/h1-2H,(H3,4,5,6,7,8,9,10). The van der Waals surface area contributed by atoms with Gasteiger partial charge in [-0.3, -0.25) is 5.09 Å². The highest BCUT2D eigenvalue weighted by Crippen LogP contribution is 2.32. The van der Waals surface area contributed by atoms with Crippen LogP contribution in [0, 0.1) is 0 Å². The van der Waals surface area contributed by atoms with Crippen molar-refractivity contribution >= 4 is 13.7 Å². The van der Waals surface area contributed by atoms with Crippen LogP contribution in [0.3, 0.4) is 0 Å². The molecule has 0 aliphatic carbocycles. The Hall–Kier alpha value is -1.04. The minimum Gasteiger partial charge on any atom is -0.308 e. The van der Waals surface area contributed by atoms with Crippen molar-refractivity contribution in [1.82, 2.24) is 15.0 Å². The number of rotatable bonds is 2. The lowest BCUT2D eigenvalue weighted by Gasteiger charge is -2.03. The third-order valence-corrected chi connectivity index (χ3v) is 1.23. The van der Waals surface area contributed by atoms with Crippen molar-refractivity contribution < 1.29 is 14.4 Å². The molecule has 0 amide bonds. The molecule has 0 atom stereocenters. The van der Waals surface area contributed by atoms with Gasteiger partial charge in [0, 0.05) is 0 Å². The summed E-state index contributed by atoms with van der Waals surface area (Å²) < 4.78 is 10.3. The van der Waals surface area contributed by atoms with E-state index in [9.17, 15) is 4.57 Å². The highest BCUT2D eigenvalue weighted by atomic mass is 31.2. The number of nitrogens with one attached hydrogen (secondary N) is 1. The summed E-state index contributed by atoms with van der Waals surface area (Å²) in [6, 6.07) is 0. The molecule has 11 heavy (non-hydrogen) atoms. The van der Waals surface area contributed by atoms with Gasteiger partial charge < -0.3 is 9.79 Å². The van der Waals surface area contributed by atoms with Crippen LogP contribution in [0.4, 0.5) is 5.95 Å². The van der Waals surface area contributed by atoms with Gasteiger partial charge in [-0.15, -0.1) is 0 Å². The van der Waals surface area contributed by atoms with E-state index in [4.69, 9.17) is 9.79 Å². The summed E-state index contributed by atoms with van der Waals surface area (Å²) in [5, 5.41) is 1.79. The van der Waals surface area contributed by atoms with Gasteiger partial charge in [-0.25, -0.2) is 19.5 Å². The van der Waals surface area contributed by atoms with E-state index in [2.05, 4.69) is 15.0 Å². The minimum atomic E-state index is -4.29. The van der Waals surface area contributed by atoms with E-state index in [0.717, 1.165) is 12.7 Å². The first kappa shape index (κ1) is 8.06. The molecule has 0 bridgehead atoms. The molecule has 1 aromatic rings. The lowest BCUT2D eigenvalue weighted by atomic mass is 11.0. The van der Waals surface area contributed by atoms with Gasteiger partial charge in [-0.2, -0.15) is 0 Å². The van der Waals surface area contributed by atoms with Gasteiger partial charge in [0.2, 0.25) is 5.95 Å². The number of aromatic nitrogens is 3. The van der Waals surface area contributed by atoms with E-state index in [1.165, 1.54) is 0 Å². The van der Waals surface area contributed by atoms with Gasteiger partial charge >= 0.3 is 7.75 Å². The summed E-state index contributed by atoms with van der Waals surface area (Å²) in [7, 11) is -4.29. The smallest absolute Gasteiger partial charge is 0.308 e. The van der Waals surface area contributed by atoms with Crippen LogP contribution in [0.15, 0.2) is 12.7 Å². The summed E-state index contributed by atoms with van der Waals surface area (Å²) >= 11 is 0. The molecule has 60 valence electrons. The summed E-state index contributed by atoms with van der Waals surface area (Å²) in [4.78, 5) is 27.1. The van der Waals surface area contributed by atoms with Crippen molar-refractivity contribution in [3.05, 3.63) is 12.7 Å². The average Bonchev–Trinajstić information content (AvgIpc) is 1.85. The first-order valence-electron chi connectivity index (χ1n) is 2.54. The van der Waals surface area contributed by atoms with Crippen molar-refractivity contribution in [2.75, 3.05) is 5.09 Å². The van der Waals surface area contributed by atoms with Crippen LogP contribution in [0.5, 0.6) is 0 Å². The van der Waals surface area contributed by atoms with Crippen LogP contribution in [-0.4, -0.2) is 24.7 Å². The van der Waals surface area contributed by atoms with Crippen molar-refractivity contribution in [3.8, 4) is 0 Å². The Bertz CT molecular complexity index is 271. The Balaban J connectivity index is 2.74. The maximum atomic E-state index is 10.3. The lowest BCUT2D eigenvalue weighted by molar-refractivity contribution is 0.380. The molecular weight excluding hydrogens is 171 g/mol. The van der Waals surface area contributed by atoms with Crippen molar-refractivity contribution in [3.63, 3.8) is 0 Å². The highest BCUT2D eigenvalue weighted by Gasteiger charge is 2.13. The monoisotopic (exact) mass is 176 g/mol. The third kappa shape index (κ3) is 3.03. The third-order valence-electron chi connectivity index (χ3n) is 0.739. The molecule has 0 unspecified atom stereocenters. The molecule has 1 aromatic heterocycles. The van der Waals surface area contributed by atoms with E-state index in [0.29, 0.717) is 0 Å². The number of hydrogen-bond acceptors (Lipinski definition) is 4. The number of hydrogen-bond donors (Lipinski definition) is 3. The van der Waals surface area contributed by atoms with Crippen LogP contribution >= 0.6 is 7.75 Å². The molecule has 0 spiro atoms. The SMILES string of the molecule is O=P(O)(O)Nc1ncncn1. The molecular formula is C3H5N4O3P. The summed E-state index contributed by atoms with van der Waals surface area (Å²) in [5.41, 5.74) is 0. The molecule has 7 nitrogen and oxygen atoms in total. The van der Waals surface area contributed by atoms with Gasteiger partial charge in [0.05, 0.1) is 0 Å². The van der Waals surface area contributed by atoms with E-state index >= 15 is 0 Å². The second kappa shape index (κ2) is 2.91. The second-order valence-electron chi connectivity index (χ2n) is 1.62. The lowest BCUT2D eigenvalue weighted by Crippen LogP contribution is -1.99. The van der Waals surface area contributed by atoms with E-state index < -0.39 is 7.75 Å². The first-order valence-corrected chi connectivity index (χ1v) is 4.15. The van der Waals surface area contributed by atoms with Crippen LogP contribution < -0.4 is 5.09 Å². The number of nitrogens with zero attached hydrogens (tertiary/aromatic N) is 3. The van der Waals surface area contributed by atoms with E-state index in [-0.39, 0.29) is 5.95 Å². The van der Waals surface area contributed by atoms with Crippen LogP contribution in [0.1, 0.15) is 0 Å². The Kier molecular flexibility index (Phi) is 2.13. The topological polar surface area (TPSA) is 108 Å². The fraction of sp³-hybridized carbons (Fsp3) is 0. The maximum Gasteiger partial charge on any atom is 0.429 e.